The molecule has 0 aliphatic rings. The molecule has 0 aromatic rings. The van der Waals surface area contributed by atoms with E-state index in [4.69, 9.17) is 5.73 Å². The average molecular weight is 123 g/mol. The molecule has 1 nitrogen and oxygen atoms in total. The second-order valence-electron chi connectivity index (χ2n) is 1.58. The fourth-order valence-electron chi connectivity index (χ4n) is 0.289. The lowest BCUT2D eigenvalue weighted by molar-refractivity contribution is -0.00000158. The lowest BCUT2D eigenvalue weighted by Crippen LogP contribution is -3.00. The third-order valence-electron chi connectivity index (χ3n) is 1.05. The molecule has 0 spiro atoms. The Bertz CT molecular complexity index is 27.3. The zero-order valence-electron chi connectivity index (χ0n) is 4.95. The maximum Gasteiger partial charge on any atom is 0.00335 e. The summed E-state index contributed by atoms with van der Waals surface area (Å²) < 4.78 is 0. The van der Waals surface area contributed by atoms with Crippen molar-refractivity contribution >= 4 is 0 Å². The predicted molar refractivity (Wildman–Crippen MR) is 28.6 cm³/mol. The van der Waals surface area contributed by atoms with E-state index in [-0.39, 0.29) is 12.4 Å². The van der Waals surface area contributed by atoms with Crippen molar-refractivity contribution in [1.82, 2.24) is 0 Å². The van der Waals surface area contributed by atoms with E-state index in [1.54, 1.807) is 0 Å². The Labute approximate surface area is 51.7 Å². The van der Waals surface area contributed by atoms with Gasteiger partial charge in [-0.3, -0.25) is 0 Å². The minimum absolute atomic E-state index is 0. The van der Waals surface area contributed by atoms with Crippen LogP contribution >= 0.6 is 0 Å². The van der Waals surface area contributed by atoms with Gasteiger partial charge in [-0.25, -0.2) is 0 Å². The van der Waals surface area contributed by atoms with Crippen molar-refractivity contribution in [1.29, 1.82) is 0 Å². The van der Waals surface area contributed by atoms with Crippen LogP contribution in [0.2, 0.25) is 0 Å². The van der Waals surface area contributed by atoms with Gasteiger partial charge < -0.3 is 18.1 Å². The summed E-state index contributed by atoms with van der Waals surface area (Å²) in [6.45, 7) is 4.21. The Kier molecular flexibility index (Phi) is 9.17. The van der Waals surface area contributed by atoms with E-state index in [9.17, 15) is 0 Å². The first-order valence-corrected chi connectivity index (χ1v) is 2.56. The van der Waals surface area contributed by atoms with Crippen LogP contribution in [0, 0.1) is 0 Å². The van der Waals surface area contributed by atoms with Crippen LogP contribution < -0.4 is 18.1 Å². The molecule has 2 N–H and O–H groups in total. The zero-order valence-corrected chi connectivity index (χ0v) is 5.70. The summed E-state index contributed by atoms with van der Waals surface area (Å²) in [7, 11) is 0. The second-order valence-corrected chi connectivity index (χ2v) is 1.58. The van der Waals surface area contributed by atoms with Crippen molar-refractivity contribution in [3.63, 3.8) is 0 Å². The van der Waals surface area contributed by atoms with Crippen molar-refractivity contribution in [3.8, 4) is 0 Å². The quantitative estimate of drug-likeness (QED) is 0.457. The Morgan fingerprint density at radius 1 is 1.29 bits per heavy atom. The Morgan fingerprint density at radius 3 is 1.57 bits per heavy atom. The van der Waals surface area contributed by atoms with Gasteiger partial charge in [0.2, 0.25) is 0 Å². The van der Waals surface area contributed by atoms with Gasteiger partial charge in [0.25, 0.3) is 0 Å². The Hall–Kier alpha value is 0.250. The molecule has 0 rings (SSSR count). The first kappa shape index (κ1) is 10.3. The standard InChI is InChI=1S/C5H13N.ClH/c1-3-5(6)4-2;/h5H,3-4,6H2,1-2H3;1H/p-1. The van der Waals surface area contributed by atoms with Gasteiger partial charge in [0.1, 0.15) is 0 Å². The van der Waals surface area contributed by atoms with Crippen LogP contribution in [0.1, 0.15) is 26.7 Å². The van der Waals surface area contributed by atoms with Gasteiger partial charge in [0.15, 0.2) is 0 Å². The van der Waals surface area contributed by atoms with Crippen molar-refractivity contribution in [2.24, 2.45) is 5.73 Å². The fraction of sp³-hybridized carbons (Fsp3) is 1.00. The molecule has 0 heterocycles. The van der Waals surface area contributed by atoms with Crippen LogP contribution in [0.5, 0.6) is 0 Å². The molecule has 7 heavy (non-hydrogen) atoms. The average Bonchev–Trinajstić information content (AvgIpc) is 1.65. The number of halogens is 1. The van der Waals surface area contributed by atoms with Crippen molar-refractivity contribution in [3.05, 3.63) is 0 Å². The Morgan fingerprint density at radius 2 is 1.57 bits per heavy atom. The first-order valence-electron chi connectivity index (χ1n) is 2.56. The van der Waals surface area contributed by atoms with Crippen LogP contribution in [0.25, 0.3) is 0 Å². The van der Waals surface area contributed by atoms with Gasteiger partial charge >= 0.3 is 0 Å². The molecule has 0 fully saturated rings. The number of hydrogen-bond acceptors (Lipinski definition) is 1. The fourth-order valence-corrected chi connectivity index (χ4v) is 0.289. The molecule has 0 bridgehead atoms. The molecule has 0 atom stereocenters. The Balaban J connectivity index is 0. The molecule has 0 aromatic heterocycles. The molecule has 0 aliphatic heterocycles. The molecular weight excluding hydrogens is 110 g/mol. The second kappa shape index (κ2) is 6.25. The molecule has 2 heteroatoms. The van der Waals surface area contributed by atoms with E-state index in [0.29, 0.717) is 6.04 Å². The molecule has 0 unspecified atom stereocenters. The van der Waals surface area contributed by atoms with E-state index in [1.165, 1.54) is 0 Å². The minimum atomic E-state index is 0. The molecule has 0 aromatic carbocycles. The highest BCUT2D eigenvalue weighted by molar-refractivity contribution is 4.51. The summed E-state index contributed by atoms with van der Waals surface area (Å²) in [6.07, 6.45) is 2.22. The van der Waals surface area contributed by atoms with E-state index < -0.39 is 0 Å². The van der Waals surface area contributed by atoms with Crippen molar-refractivity contribution in [2.75, 3.05) is 0 Å². The van der Waals surface area contributed by atoms with Crippen LogP contribution in [0.4, 0.5) is 0 Å². The van der Waals surface area contributed by atoms with E-state index >= 15 is 0 Å². The topological polar surface area (TPSA) is 26.0 Å². The van der Waals surface area contributed by atoms with Gasteiger partial charge in [-0.1, -0.05) is 13.8 Å². The smallest absolute Gasteiger partial charge is 0.00335 e. The van der Waals surface area contributed by atoms with Gasteiger partial charge in [-0.05, 0) is 12.8 Å². The highest BCUT2D eigenvalue weighted by Crippen LogP contribution is 1.88. The molecular formula is C5H13ClN-. The summed E-state index contributed by atoms with van der Waals surface area (Å²) in [5.41, 5.74) is 5.47. The molecule has 0 amide bonds. The monoisotopic (exact) mass is 122 g/mol. The van der Waals surface area contributed by atoms with Crippen molar-refractivity contribution in [2.45, 2.75) is 32.7 Å². The number of rotatable bonds is 2. The van der Waals surface area contributed by atoms with Crippen LogP contribution in [-0.4, -0.2) is 6.04 Å². The van der Waals surface area contributed by atoms with Crippen LogP contribution in [0.15, 0.2) is 0 Å². The normalized spacial score (nSPS) is 8.57. The summed E-state index contributed by atoms with van der Waals surface area (Å²) in [5.74, 6) is 0. The molecule has 0 radical (unpaired) electrons. The largest absolute Gasteiger partial charge is 1.00 e. The van der Waals surface area contributed by atoms with Gasteiger partial charge in [-0.15, -0.1) is 0 Å². The van der Waals surface area contributed by atoms with E-state index in [0.717, 1.165) is 12.8 Å². The molecule has 0 saturated heterocycles. The molecule has 0 aliphatic carbocycles. The lowest BCUT2D eigenvalue weighted by atomic mass is 10.2. The third kappa shape index (κ3) is 6.25. The highest BCUT2D eigenvalue weighted by Gasteiger charge is 1.88. The molecule has 0 saturated carbocycles. The highest BCUT2D eigenvalue weighted by atomic mass is 35.5. The lowest BCUT2D eigenvalue weighted by Gasteiger charge is -1.99. The maximum atomic E-state index is 5.47. The number of nitrogens with two attached hydrogens (primary N) is 1. The summed E-state index contributed by atoms with van der Waals surface area (Å²) in [5, 5.41) is 0. The summed E-state index contributed by atoms with van der Waals surface area (Å²) >= 11 is 0. The SMILES string of the molecule is CCC(N)CC.[Cl-]. The van der Waals surface area contributed by atoms with Gasteiger partial charge in [0.05, 0.1) is 0 Å². The van der Waals surface area contributed by atoms with Crippen molar-refractivity contribution < 1.29 is 12.4 Å². The van der Waals surface area contributed by atoms with Crippen LogP contribution in [-0.2, 0) is 0 Å². The summed E-state index contributed by atoms with van der Waals surface area (Å²) in [6, 6.07) is 0.435. The first-order chi connectivity index (χ1) is 2.81. The minimum Gasteiger partial charge on any atom is -1.00 e. The van der Waals surface area contributed by atoms with Gasteiger partial charge in [-0.2, -0.15) is 0 Å². The van der Waals surface area contributed by atoms with E-state index in [2.05, 4.69) is 13.8 Å². The van der Waals surface area contributed by atoms with E-state index in [1.807, 2.05) is 0 Å². The van der Waals surface area contributed by atoms with Crippen LogP contribution in [0.3, 0.4) is 0 Å². The molecule has 46 valence electrons. The zero-order chi connectivity index (χ0) is 4.99. The van der Waals surface area contributed by atoms with Gasteiger partial charge in [0, 0.05) is 6.04 Å². The third-order valence-corrected chi connectivity index (χ3v) is 1.05. The predicted octanol–water partition coefficient (Wildman–Crippen LogP) is -1.86. The summed E-state index contributed by atoms with van der Waals surface area (Å²) in [4.78, 5) is 0. The maximum absolute atomic E-state index is 5.47. The number of hydrogen-bond donors (Lipinski definition) is 1.